The number of rotatable bonds is 2. The number of halogens is 1. The van der Waals surface area contributed by atoms with Crippen LogP contribution in [0.4, 0.5) is 0 Å². The number of methoxy groups -OCH3 is 1. The van der Waals surface area contributed by atoms with Crippen molar-refractivity contribution in [1.82, 2.24) is 0 Å². The fourth-order valence-corrected chi connectivity index (χ4v) is 1.88. The molecule has 0 bridgehead atoms. The van der Waals surface area contributed by atoms with Gasteiger partial charge in [-0.1, -0.05) is 29.8 Å². The molecule has 0 N–H and O–H groups in total. The molecule has 0 radical (unpaired) electrons. The normalized spacial score (nSPS) is 9.71. The lowest BCUT2D eigenvalue weighted by molar-refractivity contribution is 0.415. The van der Waals surface area contributed by atoms with Gasteiger partial charge in [0, 0.05) is 10.6 Å². The summed E-state index contributed by atoms with van der Waals surface area (Å²) in [7, 11) is 1.58. The van der Waals surface area contributed by atoms with E-state index in [2.05, 4.69) is 6.07 Å². The first-order valence-corrected chi connectivity index (χ1v) is 5.46. The lowest BCUT2D eigenvalue weighted by atomic mass is 10.0. The number of nitriles is 1. The minimum atomic E-state index is 0.555. The van der Waals surface area contributed by atoms with Crippen molar-refractivity contribution in [1.29, 1.82) is 5.26 Å². The van der Waals surface area contributed by atoms with Crippen LogP contribution in [0.25, 0.3) is 11.1 Å². The average Bonchev–Trinajstić information content (AvgIpc) is 2.38. The smallest absolute Gasteiger partial charge is 0.120 e. The molecule has 0 saturated carbocycles. The molecule has 0 atom stereocenters. The second-order valence-electron chi connectivity index (χ2n) is 3.54. The van der Waals surface area contributed by atoms with Crippen molar-refractivity contribution in [2.24, 2.45) is 0 Å². The van der Waals surface area contributed by atoms with Gasteiger partial charge >= 0.3 is 0 Å². The molecule has 0 aliphatic carbocycles. The molecule has 0 heterocycles. The van der Waals surface area contributed by atoms with Gasteiger partial charge < -0.3 is 4.74 Å². The van der Waals surface area contributed by atoms with Crippen molar-refractivity contribution in [3.05, 3.63) is 53.1 Å². The van der Waals surface area contributed by atoms with Crippen molar-refractivity contribution >= 4 is 11.6 Å². The van der Waals surface area contributed by atoms with E-state index >= 15 is 0 Å². The lowest BCUT2D eigenvalue weighted by Gasteiger charge is -2.07. The van der Waals surface area contributed by atoms with Gasteiger partial charge in [0.1, 0.15) is 5.75 Å². The van der Waals surface area contributed by atoms with E-state index in [0.29, 0.717) is 16.3 Å². The van der Waals surface area contributed by atoms with Crippen molar-refractivity contribution in [3.63, 3.8) is 0 Å². The Bertz CT molecular complexity index is 587. The average molecular weight is 244 g/mol. The molecule has 0 fully saturated rings. The first kappa shape index (κ1) is 11.5. The quantitative estimate of drug-likeness (QED) is 0.802. The first-order valence-electron chi connectivity index (χ1n) is 5.08. The van der Waals surface area contributed by atoms with Gasteiger partial charge in [0.15, 0.2) is 0 Å². The summed E-state index contributed by atoms with van der Waals surface area (Å²) in [6, 6.07) is 15.0. The zero-order valence-electron chi connectivity index (χ0n) is 9.27. The molecular formula is C14H10ClNO. The summed E-state index contributed by atoms with van der Waals surface area (Å²) in [6.45, 7) is 0. The summed E-state index contributed by atoms with van der Waals surface area (Å²) in [5.74, 6) is 0.652. The van der Waals surface area contributed by atoms with Crippen molar-refractivity contribution in [2.45, 2.75) is 0 Å². The van der Waals surface area contributed by atoms with Crippen LogP contribution in [0.15, 0.2) is 42.5 Å². The molecule has 0 amide bonds. The molecule has 2 rings (SSSR count). The van der Waals surface area contributed by atoms with Crippen molar-refractivity contribution < 1.29 is 4.74 Å². The fraction of sp³-hybridized carbons (Fsp3) is 0.0714. The van der Waals surface area contributed by atoms with E-state index in [4.69, 9.17) is 21.6 Å². The van der Waals surface area contributed by atoms with Crippen LogP contribution < -0.4 is 4.74 Å². The lowest BCUT2D eigenvalue weighted by Crippen LogP contribution is -1.87. The van der Waals surface area contributed by atoms with E-state index in [1.165, 1.54) is 0 Å². The predicted molar refractivity (Wildman–Crippen MR) is 68.2 cm³/mol. The van der Waals surface area contributed by atoms with Crippen LogP contribution in [-0.2, 0) is 0 Å². The summed E-state index contributed by atoms with van der Waals surface area (Å²) >= 11 is 6.13. The number of benzene rings is 2. The Balaban J connectivity index is 2.60. The third-order valence-electron chi connectivity index (χ3n) is 2.46. The molecule has 0 spiro atoms. The van der Waals surface area contributed by atoms with E-state index in [9.17, 15) is 0 Å². The highest BCUT2D eigenvalue weighted by Crippen LogP contribution is 2.30. The van der Waals surface area contributed by atoms with Gasteiger partial charge in [-0.3, -0.25) is 0 Å². The minimum absolute atomic E-state index is 0.555. The molecule has 3 heteroatoms. The highest BCUT2D eigenvalue weighted by Gasteiger charge is 2.06. The molecule has 2 aromatic carbocycles. The monoisotopic (exact) mass is 243 g/mol. The molecule has 0 aliphatic heterocycles. The SMILES string of the molecule is COc1cc(C#N)cc(-c2ccccc2Cl)c1. The second kappa shape index (κ2) is 4.90. The second-order valence-corrected chi connectivity index (χ2v) is 3.95. The maximum atomic E-state index is 8.96. The van der Waals surface area contributed by atoms with Crippen LogP contribution >= 0.6 is 11.6 Å². The molecule has 84 valence electrons. The third-order valence-corrected chi connectivity index (χ3v) is 2.79. The summed E-state index contributed by atoms with van der Waals surface area (Å²) < 4.78 is 5.16. The molecule has 0 aromatic heterocycles. The van der Waals surface area contributed by atoms with Gasteiger partial charge in [-0.05, 0) is 29.8 Å². The minimum Gasteiger partial charge on any atom is -0.497 e. The Morgan fingerprint density at radius 2 is 1.94 bits per heavy atom. The van der Waals surface area contributed by atoms with Crippen LogP contribution in [0.2, 0.25) is 5.02 Å². The Hall–Kier alpha value is -1.98. The first-order chi connectivity index (χ1) is 8.24. The Morgan fingerprint density at radius 1 is 1.18 bits per heavy atom. The van der Waals surface area contributed by atoms with Gasteiger partial charge in [0.25, 0.3) is 0 Å². The molecule has 0 aliphatic rings. The van der Waals surface area contributed by atoms with Gasteiger partial charge in [0.05, 0.1) is 18.7 Å². The van der Waals surface area contributed by atoms with Gasteiger partial charge in [-0.25, -0.2) is 0 Å². The number of hydrogen-bond donors (Lipinski definition) is 0. The third kappa shape index (κ3) is 2.41. The van der Waals surface area contributed by atoms with E-state index in [0.717, 1.165) is 11.1 Å². The summed E-state index contributed by atoms with van der Waals surface area (Å²) in [4.78, 5) is 0. The number of hydrogen-bond acceptors (Lipinski definition) is 2. The van der Waals surface area contributed by atoms with Crippen LogP contribution in [0.3, 0.4) is 0 Å². The van der Waals surface area contributed by atoms with Gasteiger partial charge in [0.2, 0.25) is 0 Å². The Morgan fingerprint density at radius 3 is 2.59 bits per heavy atom. The maximum Gasteiger partial charge on any atom is 0.120 e. The van der Waals surface area contributed by atoms with Crippen LogP contribution in [0, 0.1) is 11.3 Å². The highest BCUT2D eigenvalue weighted by atomic mass is 35.5. The fourth-order valence-electron chi connectivity index (χ4n) is 1.63. The van der Waals surface area contributed by atoms with Crippen molar-refractivity contribution in [2.75, 3.05) is 7.11 Å². The summed E-state index contributed by atoms with van der Waals surface area (Å²) in [5.41, 5.74) is 2.33. The van der Waals surface area contributed by atoms with E-state index < -0.39 is 0 Å². The highest BCUT2D eigenvalue weighted by molar-refractivity contribution is 6.33. The van der Waals surface area contributed by atoms with Gasteiger partial charge in [-0.15, -0.1) is 0 Å². The standard InChI is InChI=1S/C14H10ClNO/c1-17-12-7-10(9-16)6-11(8-12)13-4-2-3-5-14(13)15/h2-8H,1H3. The zero-order chi connectivity index (χ0) is 12.3. The molecule has 2 nitrogen and oxygen atoms in total. The van der Waals surface area contributed by atoms with E-state index in [1.807, 2.05) is 30.3 Å². The molecule has 0 saturated heterocycles. The molecule has 0 unspecified atom stereocenters. The van der Waals surface area contributed by atoms with Gasteiger partial charge in [-0.2, -0.15) is 5.26 Å². The number of nitrogens with zero attached hydrogens (tertiary/aromatic N) is 1. The largest absolute Gasteiger partial charge is 0.497 e. The zero-order valence-corrected chi connectivity index (χ0v) is 10.0. The summed E-state index contributed by atoms with van der Waals surface area (Å²) in [5, 5.41) is 9.62. The van der Waals surface area contributed by atoms with Crippen molar-refractivity contribution in [3.8, 4) is 22.9 Å². The summed E-state index contributed by atoms with van der Waals surface area (Å²) in [6.07, 6.45) is 0. The van der Waals surface area contributed by atoms with E-state index in [-0.39, 0.29) is 0 Å². The number of ether oxygens (including phenoxy) is 1. The topological polar surface area (TPSA) is 33.0 Å². The van der Waals surface area contributed by atoms with Crippen LogP contribution in [-0.4, -0.2) is 7.11 Å². The molecule has 17 heavy (non-hydrogen) atoms. The molecule has 2 aromatic rings. The maximum absolute atomic E-state index is 8.96. The van der Waals surface area contributed by atoms with Crippen LogP contribution in [0.1, 0.15) is 5.56 Å². The van der Waals surface area contributed by atoms with Crippen LogP contribution in [0.5, 0.6) is 5.75 Å². The molecular weight excluding hydrogens is 234 g/mol. The Labute approximate surface area is 105 Å². The predicted octanol–water partition coefficient (Wildman–Crippen LogP) is 3.89. The Kier molecular flexibility index (Phi) is 3.32. The van der Waals surface area contributed by atoms with E-state index in [1.54, 1.807) is 19.2 Å².